The molecule has 0 aliphatic carbocycles. The lowest BCUT2D eigenvalue weighted by Crippen LogP contribution is -2.50. The molecule has 0 amide bonds. The highest BCUT2D eigenvalue weighted by atomic mass is 28.4. The smallest absolute Gasteiger partial charge is 0.341 e. The van der Waals surface area contributed by atoms with Gasteiger partial charge in [-0.2, -0.15) is 0 Å². The predicted molar refractivity (Wildman–Crippen MR) is 82.3 cm³/mol. The van der Waals surface area contributed by atoms with E-state index in [4.69, 9.17) is 8.85 Å². The number of rotatable bonds is 11. The molecule has 0 saturated heterocycles. The summed E-state index contributed by atoms with van der Waals surface area (Å²) in [6, 6.07) is 0. The molecule has 0 atom stereocenters. The van der Waals surface area contributed by atoms with E-state index in [1.54, 1.807) is 0 Å². The summed E-state index contributed by atoms with van der Waals surface area (Å²) in [6.07, 6.45) is 6.95. The predicted octanol–water partition coefficient (Wildman–Crippen LogP) is 5.27. The van der Waals surface area contributed by atoms with Crippen molar-refractivity contribution in [2.24, 2.45) is 0 Å². The topological polar surface area (TPSA) is 18.5 Å². The fourth-order valence-corrected chi connectivity index (χ4v) is 5.24. The molecule has 0 aromatic rings. The Labute approximate surface area is 116 Å². The van der Waals surface area contributed by atoms with Gasteiger partial charge in [0.2, 0.25) is 0 Å². The third-order valence-electron chi connectivity index (χ3n) is 4.41. The highest BCUT2D eigenvalue weighted by Crippen LogP contribution is 2.45. The normalized spacial score (nSPS) is 13.0. The van der Waals surface area contributed by atoms with E-state index in [1.807, 2.05) is 0 Å². The summed E-state index contributed by atoms with van der Waals surface area (Å²) in [5.41, 5.74) is 0. The molecule has 3 heteroatoms. The van der Waals surface area contributed by atoms with Gasteiger partial charge >= 0.3 is 8.56 Å². The van der Waals surface area contributed by atoms with Crippen molar-refractivity contribution in [3.05, 3.63) is 0 Å². The van der Waals surface area contributed by atoms with Gasteiger partial charge in [0, 0.05) is 18.3 Å². The van der Waals surface area contributed by atoms with Gasteiger partial charge in [0.25, 0.3) is 0 Å². The zero-order valence-corrected chi connectivity index (χ0v) is 14.5. The summed E-state index contributed by atoms with van der Waals surface area (Å²) >= 11 is 0. The van der Waals surface area contributed by atoms with Crippen LogP contribution in [0.2, 0.25) is 11.6 Å². The first kappa shape index (κ1) is 18.1. The fourth-order valence-electron chi connectivity index (χ4n) is 2.10. The van der Waals surface area contributed by atoms with Gasteiger partial charge in [0.15, 0.2) is 0 Å². The molecule has 0 saturated carbocycles. The largest absolute Gasteiger partial charge is 0.394 e. The second kappa shape index (κ2) is 9.11. The van der Waals surface area contributed by atoms with E-state index >= 15 is 0 Å². The van der Waals surface area contributed by atoms with Crippen molar-refractivity contribution in [2.75, 3.05) is 13.2 Å². The monoisotopic (exact) mass is 274 g/mol. The van der Waals surface area contributed by atoms with Gasteiger partial charge in [-0.1, -0.05) is 47.5 Å². The highest BCUT2D eigenvalue weighted by Gasteiger charge is 2.48. The van der Waals surface area contributed by atoms with E-state index < -0.39 is 8.56 Å². The maximum absolute atomic E-state index is 6.28. The molecule has 0 spiro atoms. The van der Waals surface area contributed by atoms with Crippen LogP contribution in [0.5, 0.6) is 0 Å². The summed E-state index contributed by atoms with van der Waals surface area (Å²) in [7, 11) is -2.08. The molecule has 0 aliphatic rings. The average Bonchev–Trinajstić information content (AvgIpc) is 2.38. The first-order chi connectivity index (χ1) is 8.49. The number of unbranched alkanes of at least 4 members (excludes halogenated alkanes) is 2. The standard InChI is InChI=1S/C15H34O2Si/c1-7-11-13-16-18(6,17-14-12-8-2)15(5,9-3)10-4/h7-14H2,1-6H3. The molecule has 0 radical (unpaired) electrons. The molecule has 0 bridgehead atoms. The van der Waals surface area contributed by atoms with Crippen LogP contribution >= 0.6 is 0 Å². The van der Waals surface area contributed by atoms with Gasteiger partial charge in [0.1, 0.15) is 0 Å². The Morgan fingerprint density at radius 1 is 0.833 bits per heavy atom. The molecule has 0 aromatic carbocycles. The van der Waals surface area contributed by atoms with Crippen LogP contribution in [0.15, 0.2) is 0 Å². The highest BCUT2D eigenvalue weighted by molar-refractivity contribution is 6.69. The van der Waals surface area contributed by atoms with E-state index in [-0.39, 0.29) is 5.04 Å². The maximum atomic E-state index is 6.28. The third-order valence-corrected chi connectivity index (χ3v) is 8.82. The third kappa shape index (κ3) is 5.02. The Morgan fingerprint density at radius 3 is 1.50 bits per heavy atom. The van der Waals surface area contributed by atoms with Crippen LogP contribution in [0, 0.1) is 0 Å². The molecule has 0 aliphatic heterocycles. The Balaban J connectivity index is 4.65. The van der Waals surface area contributed by atoms with Crippen molar-refractivity contribution in [1.29, 1.82) is 0 Å². The quantitative estimate of drug-likeness (QED) is 0.377. The molecule has 0 aromatic heterocycles. The van der Waals surface area contributed by atoms with E-state index in [2.05, 4.69) is 41.2 Å². The van der Waals surface area contributed by atoms with Gasteiger partial charge in [-0.05, 0) is 32.2 Å². The summed E-state index contributed by atoms with van der Waals surface area (Å²) in [5, 5.41) is 0.231. The summed E-state index contributed by atoms with van der Waals surface area (Å²) in [6.45, 7) is 15.3. The number of hydrogen-bond donors (Lipinski definition) is 0. The zero-order valence-electron chi connectivity index (χ0n) is 13.5. The second-order valence-corrected chi connectivity index (χ2v) is 9.29. The summed E-state index contributed by atoms with van der Waals surface area (Å²) < 4.78 is 12.6. The minimum Gasteiger partial charge on any atom is -0.394 e. The Kier molecular flexibility index (Phi) is 9.18. The lowest BCUT2D eigenvalue weighted by atomic mass is 10.1. The molecule has 0 fully saturated rings. The number of hydrogen-bond acceptors (Lipinski definition) is 2. The van der Waals surface area contributed by atoms with Crippen LogP contribution < -0.4 is 0 Å². The van der Waals surface area contributed by atoms with Gasteiger partial charge in [-0.15, -0.1) is 0 Å². The van der Waals surface area contributed by atoms with Crippen LogP contribution in [0.3, 0.4) is 0 Å². The van der Waals surface area contributed by atoms with Crippen molar-refractivity contribution in [3.63, 3.8) is 0 Å². The van der Waals surface area contributed by atoms with Crippen LogP contribution in [-0.2, 0) is 8.85 Å². The maximum Gasteiger partial charge on any atom is 0.341 e. The minimum atomic E-state index is -2.08. The van der Waals surface area contributed by atoms with Gasteiger partial charge < -0.3 is 8.85 Å². The fraction of sp³-hybridized carbons (Fsp3) is 1.00. The molecule has 0 N–H and O–H groups in total. The van der Waals surface area contributed by atoms with Crippen LogP contribution in [0.25, 0.3) is 0 Å². The summed E-state index contributed by atoms with van der Waals surface area (Å²) in [5.74, 6) is 0. The van der Waals surface area contributed by atoms with E-state index in [1.165, 1.54) is 12.8 Å². The molecule has 110 valence electrons. The lowest BCUT2D eigenvalue weighted by molar-refractivity contribution is 0.140. The van der Waals surface area contributed by atoms with E-state index in [0.717, 1.165) is 38.9 Å². The second-order valence-electron chi connectivity index (χ2n) is 5.62. The van der Waals surface area contributed by atoms with Gasteiger partial charge in [0.05, 0.1) is 0 Å². The van der Waals surface area contributed by atoms with Crippen molar-refractivity contribution >= 4 is 8.56 Å². The van der Waals surface area contributed by atoms with Crippen molar-refractivity contribution < 1.29 is 8.85 Å². The van der Waals surface area contributed by atoms with Crippen molar-refractivity contribution in [1.82, 2.24) is 0 Å². The Hall–Kier alpha value is 0.137. The molecule has 2 nitrogen and oxygen atoms in total. The van der Waals surface area contributed by atoms with Crippen LogP contribution in [0.1, 0.15) is 73.1 Å². The van der Waals surface area contributed by atoms with Crippen LogP contribution in [-0.4, -0.2) is 21.8 Å². The van der Waals surface area contributed by atoms with Gasteiger partial charge in [-0.3, -0.25) is 0 Å². The lowest BCUT2D eigenvalue weighted by Gasteiger charge is -2.42. The molecule has 0 unspecified atom stereocenters. The zero-order chi connectivity index (χ0) is 14.1. The molecular formula is C15H34O2Si. The Morgan fingerprint density at radius 2 is 1.22 bits per heavy atom. The van der Waals surface area contributed by atoms with Crippen LogP contribution in [0.4, 0.5) is 0 Å². The van der Waals surface area contributed by atoms with E-state index in [9.17, 15) is 0 Å². The first-order valence-corrected chi connectivity index (χ1v) is 10.1. The molecule has 18 heavy (non-hydrogen) atoms. The van der Waals surface area contributed by atoms with Crippen molar-refractivity contribution in [3.8, 4) is 0 Å². The first-order valence-electron chi connectivity index (χ1n) is 7.77. The van der Waals surface area contributed by atoms with Crippen molar-refractivity contribution in [2.45, 2.75) is 84.7 Å². The summed E-state index contributed by atoms with van der Waals surface area (Å²) in [4.78, 5) is 0. The SMILES string of the molecule is CCCCO[Si](C)(OCCCC)C(C)(CC)CC. The minimum absolute atomic E-state index is 0.231. The molecule has 0 rings (SSSR count). The van der Waals surface area contributed by atoms with E-state index in [0.29, 0.717) is 0 Å². The molecular weight excluding hydrogens is 240 g/mol. The molecule has 0 heterocycles. The van der Waals surface area contributed by atoms with Gasteiger partial charge in [-0.25, -0.2) is 0 Å². The Bertz CT molecular complexity index is 193. The average molecular weight is 275 g/mol.